The molecule has 0 aromatic carbocycles. The number of piperidine rings is 1. The molecule has 1 unspecified atom stereocenters. The quantitative estimate of drug-likeness (QED) is 0.772. The highest BCUT2D eigenvalue weighted by Gasteiger charge is 2.20. The van der Waals surface area contributed by atoms with E-state index in [1.165, 1.54) is 71.2 Å². The van der Waals surface area contributed by atoms with Gasteiger partial charge >= 0.3 is 0 Å². The zero-order chi connectivity index (χ0) is 11.2. The normalized spacial score (nSPS) is 28.7. The molecule has 2 nitrogen and oxygen atoms in total. The number of hydrogen-bond donors (Lipinski definition) is 1. The molecule has 2 fully saturated rings. The van der Waals surface area contributed by atoms with Crippen molar-refractivity contribution in [3.8, 4) is 0 Å². The third-order valence-electron chi connectivity index (χ3n) is 4.49. The zero-order valence-corrected chi connectivity index (χ0v) is 10.9. The summed E-state index contributed by atoms with van der Waals surface area (Å²) in [5.41, 5.74) is 0. The summed E-state index contributed by atoms with van der Waals surface area (Å²) in [7, 11) is 0. The van der Waals surface area contributed by atoms with E-state index in [1.807, 2.05) is 0 Å². The predicted octanol–water partition coefficient (Wildman–Crippen LogP) is 2.50. The molecule has 0 saturated carbocycles. The summed E-state index contributed by atoms with van der Waals surface area (Å²) in [4.78, 5) is 2.69. The second-order valence-corrected chi connectivity index (χ2v) is 5.70. The summed E-state index contributed by atoms with van der Waals surface area (Å²) in [6.45, 7) is 8.95. The molecule has 2 aliphatic rings. The molecule has 0 radical (unpaired) electrons. The maximum absolute atomic E-state index is 3.45. The summed E-state index contributed by atoms with van der Waals surface area (Å²) < 4.78 is 0. The van der Waals surface area contributed by atoms with Crippen LogP contribution in [0.4, 0.5) is 0 Å². The van der Waals surface area contributed by atoms with Gasteiger partial charge < -0.3 is 10.2 Å². The minimum absolute atomic E-state index is 0.999. The zero-order valence-electron chi connectivity index (χ0n) is 10.9. The number of rotatable bonds is 5. The lowest BCUT2D eigenvalue weighted by Crippen LogP contribution is -2.28. The second kappa shape index (κ2) is 6.61. The highest BCUT2D eigenvalue weighted by Crippen LogP contribution is 2.21. The molecule has 2 saturated heterocycles. The van der Waals surface area contributed by atoms with Crippen molar-refractivity contribution in [2.75, 3.05) is 32.7 Å². The molecule has 0 amide bonds. The molecule has 1 atom stereocenters. The minimum atomic E-state index is 0.999. The van der Waals surface area contributed by atoms with Gasteiger partial charge in [0.1, 0.15) is 0 Å². The molecule has 2 heterocycles. The third kappa shape index (κ3) is 3.74. The molecule has 0 aromatic rings. The molecule has 94 valence electrons. The SMILES string of the molecule is CCC1CCN(CCCC2CCNCC2)C1. The van der Waals surface area contributed by atoms with Gasteiger partial charge in [-0.05, 0) is 70.1 Å². The molecule has 0 aliphatic carbocycles. The van der Waals surface area contributed by atoms with E-state index >= 15 is 0 Å². The van der Waals surface area contributed by atoms with Gasteiger partial charge in [0.25, 0.3) is 0 Å². The van der Waals surface area contributed by atoms with Crippen molar-refractivity contribution in [3.63, 3.8) is 0 Å². The molecule has 0 bridgehead atoms. The molecule has 1 N–H and O–H groups in total. The Labute approximate surface area is 101 Å². The van der Waals surface area contributed by atoms with Crippen LogP contribution in [0.2, 0.25) is 0 Å². The molecule has 0 aromatic heterocycles. The van der Waals surface area contributed by atoms with E-state index in [2.05, 4.69) is 17.1 Å². The Kier molecular flexibility index (Phi) is 5.11. The van der Waals surface area contributed by atoms with Crippen LogP contribution >= 0.6 is 0 Å². The largest absolute Gasteiger partial charge is 0.317 e. The molecule has 16 heavy (non-hydrogen) atoms. The van der Waals surface area contributed by atoms with Crippen LogP contribution in [0.25, 0.3) is 0 Å². The van der Waals surface area contributed by atoms with E-state index in [0.29, 0.717) is 0 Å². The first-order valence-electron chi connectivity index (χ1n) is 7.31. The highest BCUT2D eigenvalue weighted by molar-refractivity contribution is 4.75. The van der Waals surface area contributed by atoms with E-state index in [9.17, 15) is 0 Å². The van der Waals surface area contributed by atoms with Gasteiger partial charge in [0, 0.05) is 6.54 Å². The van der Waals surface area contributed by atoms with Gasteiger partial charge in [-0.1, -0.05) is 13.3 Å². The highest BCUT2D eigenvalue weighted by atomic mass is 15.1. The molecular formula is C14H28N2. The maximum Gasteiger partial charge on any atom is 0.00100 e. The van der Waals surface area contributed by atoms with Gasteiger partial charge in [-0.15, -0.1) is 0 Å². The van der Waals surface area contributed by atoms with Crippen molar-refractivity contribution >= 4 is 0 Å². The maximum atomic E-state index is 3.45. The average molecular weight is 224 g/mol. The smallest absolute Gasteiger partial charge is 0.00100 e. The van der Waals surface area contributed by atoms with Crippen LogP contribution in [0.1, 0.15) is 45.4 Å². The third-order valence-corrected chi connectivity index (χ3v) is 4.49. The van der Waals surface area contributed by atoms with E-state index in [0.717, 1.165) is 11.8 Å². The van der Waals surface area contributed by atoms with Gasteiger partial charge in [-0.3, -0.25) is 0 Å². The van der Waals surface area contributed by atoms with Gasteiger partial charge in [0.2, 0.25) is 0 Å². The van der Waals surface area contributed by atoms with Crippen LogP contribution < -0.4 is 5.32 Å². The lowest BCUT2D eigenvalue weighted by atomic mass is 9.93. The van der Waals surface area contributed by atoms with Crippen molar-refractivity contribution < 1.29 is 0 Å². The van der Waals surface area contributed by atoms with Crippen molar-refractivity contribution in [1.82, 2.24) is 10.2 Å². The van der Waals surface area contributed by atoms with Crippen molar-refractivity contribution in [3.05, 3.63) is 0 Å². The fourth-order valence-corrected chi connectivity index (χ4v) is 3.22. The van der Waals surface area contributed by atoms with E-state index in [4.69, 9.17) is 0 Å². The van der Waals surface area contributed by atoms with Gasteiger partial charge in [-0.2, -0.15) is 0 Å². The van der Waals surface area contributed by atoms with E-state index in [1.54, 1.807) is 0 Å². The van der Waals surface area contributed by atoms with Gasteiger partial charge in [0.05, 0.1) is 0 Å². The Bertz CT molecular complexity index is 187. The minimum Gasteiger partial charge on any atom is -0.317 e. The van der Waals surface area contributed by atoms with Crippen LogP contribution in [0.5, 0.6) is 0 Å². The Morgan fingerprint density at radius 1 is 1.12 bits per heavy atom. The first kappa shape index (κ1) is 12.4. The fourth-order valence-electron chi connectivity index (χ4n) is 3.22. The molecule has 2 aliphatic heterocycles. The number of likely N-dealkylation sites (tertiary alicyclic amines) is 1. The summed E-state index contributed by atoms with van der Waals surface area (Å²) in [6.07, 6.45) is 8.56. The number of nitrogens with one attached hydrogen (secondary N) is 1. The predicted molar refractivity (Wildman–Crippen MR) is 69.7 cm³/mol. The second-order valence-electron chi connectivity index (χ2n) is 5.70. The molecule has 0 spiro atoms. The molecule has 2 heteroatoms. The topological polar surface area (TPSA) is 15.3 Å². The Morgan fingerprint density at radius 2 is 1.94 bits per heavy atom. The first-order valence-corrected chi connectivity index (χ1v) is 7.31. The van der Waals surface area contributed by atoms with Crippen LogP contribution in [0.3, 0.4) is 0 Å². The Balaban J connectivity index is 1.54. The lowest BCUT2D eigenvalue weighted by molar-refractivity contribution is 0.284. The monoisotopic (exact) mass is 224 g/mol. The van der Waals surface area contributed by atoms with Crippen molar-refractivity contribution in [1.29, 1.82) is 0 Å². The van der Waals surface area contributed by atoms with E-state index in [-0.39, 0.29) is 0 Å². The summed E-state index contributed by atoms with van der Waals surface area (Å²) in [6, 6.07) is 0. The number of hydrogen-bond acceptors (Lipinski definition) is 2. The lowest BCUT2D eigenvalue weighted by Gasteiger charge is -2.23. The standard InChI is InChI=1S/C14H28N2/c1-2-13-7-11-16(12-13)10-3-4-14-5-8-15-9-6-14/h13-15H,2-12H2,1H3. The van der Waals surface area contributed by atoms with Crippen LogP contribution in [0.15, 0.2) is 0 Å². The fraction of sp³-hybridized carbons (Fsp3) is 1.00. The van der Waals surface area contributed by atoms with Crippen LogP contribution in [-0.2, 0) is 0 Å². The molecular weight excluding hydrogens is 196 g/mol. The molecule has 2 rings (SSSR count). The number of nitrogens with zero attached hydrogens (tertiary/aromatic N) is 1. The first-order chi connectivity index (χ1) is 7.88. The summed E-state index contributed by atoms with van der Waals surface area (Å²) >= 11 is 0. The van der Waals surface area contributed by atoms with Gasteiger partial charge in [0.15, 0.2) is 0 Å². The average Bonchev–Trinajstić information content (AvgIpc) is 2.78. The summed E-state index contributed by atoms with van der Waals surface area (Å²) in [5.74, 6) is 2.02. The van der Waals surface area contributed by atoms with Crippen molar-refractivity contribution in [2.45, 2.75) is 45.4 Å². The van der Waals surface area contributed by atoms with Crippen LogP contribution in [0, 0.1) is 11.8 Å². The summed E-state index contributed by atoms with van der Waals surface area (Å²) in [5, 5.41) is 3.45. The van der Waals surface area contributed by atoms with E-state index < -0.39 is 0 Å². The van der Waals surface area contributed by atoms with Crippen LogP contribution in [-0.4, -0.2) is 37.6 Å². The van der Waals surface area contributed by atoms with Crippen molar-refractivity contribution in [2.24, 2.45) is 11.8 Å². The Morgan fingerprint density at radius 3 is 2.62 bits per heavy atom. The van der Waals surface area contributed by atoms with Gasteiger partial charge in [-0.25, -0.2) is 0 Å². The Hall–Kier alpha value is -0.0800.